The number of likely N-dealkylation sites (N-methyl/N-ethyl adjacent to an activating group) is 1. The van der Waals surface area contributed by atoms with Gasteiger partial charge in [0.2, 0.25) is 5.91 Å². The van der Waals surface area contributed by atoms with Crippen LogP contribution >= 0.6 is 15.9 Å². The van der Waals surface area contributed by atoms with E-state index in [0.717, 1.165) is 10.9 Å². The van der Waals surface area contributed by atoms with Gasteiger partial charge in [0.05, 0.1) is 6.04 Å². The Kier molecular flexibility index (Phi) is 6.69. The summed E-state index contributed by atoms with van der Waals surface area (Å²) >= 11 is 3.57. The summed E-state index contributed by atoms with van der Waals surface area (Å²) in [6, 6.07) is 8.10. The Morgan fingerprint density at radius 2 is 1.85 bits per heavy atom. The van der Waals surface area contributed by atoms with Crippen LogP contribution in [0, 0.1) is 5.92 Å². The van der Waals surface area contributed by atoms with E-state index in [1.807, 2.05) is 18.2 Å². The second-order valence-corrected chi connectivity index (χ2v) is 6.68. The summed E-state index contributed by atoms with van der Waals surface area (Å²) in [6.45, 7) is 6.37. The second-order valence-electron chi connectivity index (χ2n) is 5.82. The molecular formula is C16H25BrN2O. The lowest BCUT2D eigenvalue weighted by Gasteiger charge is -2.27. The molecule has 4 heteroatoms. The summed E-state index contributed by atoms with van der Waals surface area (Å²) in [5.41, 5.74) is 1.17. The van der Waals surface area contributed by atoms with E-state index in [2.05, 4.69) is 48.1 Å². The van der Waals surface area contributed by atoms with Crippen molar-refractivity contribution in [2.75, 3.05) is 14.1 Å². The van der Waals surface area contributed by atoms with Crippen LogP contribution in [0.5, 0.6) is 0 Å². The van der Waals surface area contributed by atoms with E-state index < -0.39 is 0 Å². The Hall–Kier alpha value is -0.870. The van der Waals surface area contributed by atoms with Crippen molar-refractivity contribution in [2.24, 2.45) is 5.92 Å². The Balaban J connectivity index is 2.84. The van der Waals surface area contributed by atoms with Crippen LogP contribution in [0.3, 0.4) is 0 Å². The first-order chi connectivity index (χ1) is 9.32. The lowest BCUT2D eigenvalue weighted by atomic mass is 10.0. The maximum atomic E-state index is 12.3. The standard InChI is InChI=1S/C16H25BrN2O/c1-11(2)10-15(16(20)19(4)5)18-12(3)13-8-6-7-9-14(13)17/h6-9,11-12,15,18H,10H2,1-5H3. The van der Waals surface area contributed by atoms with Crippen LogP contribution in [0.4, 0.5) is 0 Å². The fourth-order valence-corrected chi connectivity index (χ4v) is 2.87. The molecule has 20 heavy (non-hydrogen) atoms. The molecular weight excluding hydrogens is 316 g/mol. The van der Waals surface area contributed by atoms with Gasteiger partial charge in [0.1, 0.15) is 0 Å². The average Bonchev–Trinajstić information content (AvgIpc) is 2.36. The first kappa shape index (κ1) is 17.2. The molecule has 0 aliphatic rings. The number of hydrogen-bond donors (Lipinski definition) is 1. The lowest BCUT2D eigenvalue weighted by molar-refractivity contribution is -0.131. The smallest absolute Gasteiger partial charge is 0.239 e. The zero-order chi connectivity index (χ0) is 15.3. The van der Waals surface area contributed by atoms with Gasteiger partial charge < -0.3 is 4.90 Å². The monoisotopic (exact) mass is 340 g/mol. The number of hydrogen-bond acceptors (Lipinski definition) is 2. The van der Waals surface area contributed by atoms with Crippen LogP contribution in [0.15, 0.2) is 28.7 Å². The highest BCUT2D eigenvalue weighted by atomic mass is 79.9. The quantitative estimate of drug-likeness (QED) is 0.857. The molecule has 1 aromatic carbocycles. The molecule has 1 amide bonds. The molecule has 0 fully saturated rings. The summed E-state index contributed by atoms with van der Waals surface area (Å²) in [7, 11) is 3.61. The van der Waals surface area contributed by atoms with Crippen molar-refractivity contribution in [1.82, 2.24) is 10.2 Å². The van der Waals surface area contributed by atoms with Crippen molar-refractivity contribution >= 4 is 21.8 Å². The van der Waals surface area contributed by atoms with Gasteiger partial charge in [0.25, 0.3) is 0 Å². The molecule has 0 aliphatic carbocycles. The Bertz CT molecular complexity index is 446. The molecule has 0 saturated carbocycles. The van der Waals surface area contributed by atoms with Crippen molar-refractivity contribution in [3.05, 3.63) is 34.3 Å². The summed E-state index contributed by atoms with van der Waals surface area (Å²) in [5.74, 6) is 0.611. The number of halogens is 1. The third kappa shape index (κ3) is 4.91. The summed E-state index contributed by atoms with van der Waals surface area (Å²) in [4.78, 5) is 13.9. The summed E-state index contributed by atoms with van der Waals surface area (Å²) in [6.07, 6.45) is 0.839. The number of nitrogens with zero attached hydrogens (tertiary/aromatic N) is 1. The third-order valence-corrected chi connectivity index (χ3v) is 3.99. The maximum absolute atomic E-state index is 12.3. The van der Waals surface area contributed by atoms with E-state index in [1.165, 1.54) is 5.56 Å². The van der Waals surface area contributed by atoms with Gasteiger partial charge in [-0.2, -0.15) is 0 Å². The van der Waals surface area contributed by atoms with Crippen molar-refractivity contribution < 1.29 is 4.79 Å². The molecule has 0 aliphatic heterocycles. The van der Waals surface area contributed by atoms with E-state index in [4.69, 9.17) is 0 Å². The van der Waals surface area contributed by atoms with Crippen molar-refractivity contribution in [1.29, 1.82) is 0 Å². The predicted octanol–water partition coefficient (Wildman–Crippen LogP) is 3.60. The van der Waals surface area contributed by atoms with Crippen LogP contribution in [-0.2, 0) is 4.79 Å². The fourth-order valence-electron chi connectivity index (χ4n) is 2.24. The molecule has 0 radical (unpaired) electrons. The van der Waals surface area contributed by atoms with Crippen LogP contribution in [-0.4, -0.2) is 30.9 Å². The van der Waals surface area contributed by atoms with E-state index in [1.54, 1.807) is 19.0 Å². The topological polar surface area (TPSA) is 32.3 Å². The highest BCUT2D eigenvalue weighted by molar-refractivity contribution is 9.10. The molecule has 2 unspecified atom stereocenters. The molecule has 2 atom stereocenters. The minimum absolute atomic E-state index is 0.123. The number of carbonyl (C=O) groups is 1. The normalized spacial score (nSPS) is 14.2. The molecule has 3 nitrogen and oxygen atoms in total. The highest BCUT2D eigenvalue weighted by Crippen LogP contribution is 2.24. The first-order valence-electron chi connectivity index (χ1n) is 7.04. The number of benzene rings is 1. The molecule has 0 heterocycles. The fraction of sp³-hybridized carbons (Fsp3) is 0.562. The van der Waals surface area contributed by atoms with Gasteiger partial charge in [-0.3, -0.25) is 10.1 Å². The van der Waals surface area contributed by atoms with E-state index in [-0.39, 0.29) is 18.0 Å². The molecule has 112 valence electrons. The molecule has 0 bridgehead atoms. The molecule has 0 aromatic heterocycles. The van der Waals surface area contributed by atoms with Gasteiger partial charge in [-0.05, 0) is 30.9 Å². The minimum Gasteiger partial charge on any atom is -0.347 e. The largest absolute Gasteiger partial charge is 0.347 e. The summed E-state index contributed by atoms with van der Waals surface area (Å²) < 4.78 is 1.07. The van der Waals surface area contributed by atoms with Gasteiger partial charge >= 0.3 is 0 Å². The van der Waals surface area contributed by atoms with Crippen LogP contribution in [0.25, 0.3) is 0 Å². The van der Waals surface area contributed by atoms with E-state index in [0.29, 0.717) is 5.92 Å². The lowest BCUT2D eigenvalue weighted by Crippen LogP contribution is -2.45. The number of carbonyl (C=O) groups excluding carboxylic acids is 1. The zero-order valence-corrected chi connectivity index (χ0v) is 14.6. The number of amides is 1. The predicted molar refractivity (Wildman–Crippen MR) is 87.6 cm³/mol. The van der Waals surface area contributed by atoms with Gasteiger partial charge in [0.15, 0.2) is 0 Å². The third-order valence-electron chi connectivity index (χ3n) is 3.27. The molecule has 1 aromatic rings. The van der Waals surface area contributed by atoms with Crippen LogP contribution in [0.2, 0.25) is 0 Å². The first-order valence-corrected chi connectivity index (χ1v) is 7.83. The summed E-state index contributed by atoms with van der Waals surface area (Å²) in [5, 5.41) is 3.47. The SMILES string of the molecule is CC(C)CC(NC(C)c1ccccc1Br)C(=O)N(C)C. The van der Waals surface area contributed by atoms with Gasteiger partial charge in [0, 0.05) is 24.6 Å². The molecule has 1 N–H and O–H groups in total. The maximum Gasteiger partial charge on any atom is 0.239 e. The van der Waals surface area contributed by atoms with Crippen LogP contribution < -0.4 is 5.32 Å². The zero-order valence-electron chi connectivity index (χ0n) is 13.0. The van der Waals surface area contributed by atoms with Crippen molar-refractivity contribution in [2.45, 2.75) is 39.3 Å². The highest BCUT2D eigenvalue weighted by Gasteiger charge is 2.23. The molecule has 0 spiro atoms. The van der Waals surface area contributed by atoms with Crippen molar-refractivity contribution in [3.63, 3.8) is 0 Å². The van der Waals surface area contributed by atoms with Crippen molar-refractivity contribution in [3.8, 4) is 0 Å². The average molecular weight is 341 g/mol. The number of rotatable bonds is 6. The van der Waals surface area contributed by atoms with E-state index in [9.17, 15) is 4.79 Å². The second kappa shape index (κ2) is 7.79. The minimum atomic E-state index is -0.146. The van der Waals surface area contributed by atoms with Gasteiger partial charge in [-0.15, -0.1) is 0 Å². The molecule has 1 rings (SSSR count). The number of nitrogens with one attached hydrogen (secondary N) is 1. The Labute approximate surface area is 130 Å². The van der Waals surface area contributed by atoms with E-state index >= 15 is 0 Å². The Morgan fingerprint density at radius 1 is 1.25 bits per heavy atom. The van der Waals surface area contributed by atoms with Gasteiger partial charge in [-0.25, -0.2) is 0 Å². The van der Waals surface area contributed by atoms with Gasteiger partial charge in [-0.1, -0.05) is 48.0 Å². The Morgan fingerprint density at radius 3 is 2.35 bits per heavy atom. The molecule has 0 saturated heterocycles. The van der Waals surface area contributed by atoms with Crippen LogP contribution in [0.1, 0.15) is 38.8 Å².